The third-order valence-electron chi connectivity index (χ3n) is 2.30. The molecule has 0 aliphatic rings. The summed E-state index contributed by atoms with van der Waals surface area (Å²) in [6.07, 6.45) is 0.944. The van der Waals surface area contributed by atoms with Crippen molar-refractivity contribution in [1.82, 2.24) is 0 Å². The molecule has 0 atom stereocenters. The molecule has 0 fully saturated rings. The maximum Gasteiger partial charge on any atom is 0.119 e. The lowest BCUT2D eigenvalue weighted by atomic mass is 10.2. The van der Waals surface area contributed by atoms with Crippen molar-refractivity contribution in [2.75, 3.05) is 6.61 Å². The lowest BCUT2D eigenvalue weighted by molar-refractivity contribution is 0.281. The molecule has 1 N–H and O–H groups in total. The normalized spacial score (nSPS) is 10.3. The van der Waals surface area contributed by atoms with Crippen molar-refractivity contribution >= 4 is 11.3 Å². The predicted octanol–water partition coefficient (Wildman–Crippen LogP) is 2.86. The van der Waals surface area contributed by atoms with Crippen molar-refractivity contribution in [3.8, 4) is 5.75 Å². The molecular formula is C13H14O2S. The van der Waals surface area contributed by atoms with E-state index in [2.05, 4.69) is 17.5 Å². The summed E-state index contributed by atoms with van der Waals surface area (Å²) in [6.45, 7) is 0.772. The van der Waals surface area contributed by atoms with Crippen molar-refractivity contribution < 1.29 is 9.84 Å². The van der Waals surface area contributed by atoms with Crippen LogP contribution in [0.15, 0.2) is 41.8 Å². The summed E-state index contributed by atoms with van der Waals surface area (Å²) in [6, 6.07) is 11.7. The summed E-state index contributed by atoms with van der Waals surface area (Å²) in [5.74, 6) is 0.855. The number of ether oxygens (including phenoxy) is 1. The van der Waals surface area contributed by atoms with E-state index in [1.54, 1.807) is 11.3 Å². The van der Waals surface area contributed by atoms with Crippen molar-refractivity contribution in [3.05, 3.63) is 52.2 Å². The van der Waals surface area contributed by atoms with Crippen LogP contribution in [-0.4, -0.2) is 11.7 Å². The van der Waals surface area contributed by atoms with Crippen LogP contribution in [-0.2, 0) is 13.0 Å². The SMILES string of the molecule is OCc1ccc(OCCc2cccs2)cc1. The average molecular weight is 234 g/mol. The highest BCUT2D eigenvalue weighted by Crippen LogP contribution is 2.14. The minimum absolute atomic E-state index is 0.0788. The van der Waals surface area contributed by atoms with Crippen LogP contribution >= 0.6 is 11.3 Å². The molecule has 0 amide bonds. The van der Waals surface area contributed by atoms with E-state index in [1.807, 2.05) is 24.3 Å². The Kier molecular flexibility index (Phi) is 3.97. The Morgan fingerprint density at radius 2 is 1.94 bits per heavy atom. The lowest BCUT2D eigenvalue weighted by Crippen LogP contribution is -1.99. The van der Waals surface area contributed by atoms with Crippen molar-refractivity contribution in [2.24, 2.45) is 0 Å². The van der Waals surface area contributed by atoms with Gasteiger partial charge in [-0.1, -0.05) is 18.2 Å². The first-order chi connectivity index (χ1) is 7.88. The fraction of sp³-hybridized carbons (Fsp3) is 0.231. The Labute approximate surface area is 99.1 Å². The van der Waals surface area contributed by atoms with Gasteiger partial charge in [0, 0.05) is 11.3 Å². The fourth-order valence-electron chi connectivity index (χ4n) is 1.42. The van der Waals surface area contributed by atoms with Gasteiger partial charge < -0.3 is 9.84 Å². The number of rotatable bonds is 5. The first-order valence-corrected chi connectivity index (χ1v) is 6.11. The maximum absolute atomic E-state index is 8.89. The quantitative estimate of drug-likeness (QED) is 0.862. The van der Waals surface area contributed by atoms with Gasteiger partial charge in [0.15, 0.2) is 0 Å². The van der Waals surface area contributed by atoms with Gasteiger partial charge in [-0.05, 0) is 29.1 Å². The van der Waals surface area contributed by atoms with Crippen LogP contribution in [0.3, 0.4) is 0 Å². The zero-order chi connectivity index (χ0) is 11.2. The molecule has 0 saturated heterocycles. The van der Waals surface area contributed by atoms with Crippen LogP contribution in [0.1, 0.15) is 10.4 Å². The molecule has 1 aromatic heterocycles. The third-order valence-corrected chi connectivity index (χ3v) is 3.24. The topological polar surface area (TPSA) is 29.5 Å². The highest BCUT2D eigenvalue weighted by molar-refractivity contribution is 7.09. The second kappa shape index (κ2) is 5.68. The van der Waals surface area contributed by atoms with Gasteiger partial charge in [0.2, 0.25) is 0 Å². The maximum atomic E-state index is 8.89. The van der Waals surface area contributed by atoms with Crippen LogP contribution in [0.25, 0.3) is 0 Å². The van der Waals surface area contributed by atoms with E-state index < -0.39 is 0 Å². The summed E-state index contributed by atoms with van der Waals surface area (Å²) in [5, 5.41) is 11.0. The summed E-state index contributed by atoms with van der Waals surface area (Å²) < 4.78 is 5.60. The summed E-state index contributed by atoms with van der Waals surface area (Å²) in [4.78, 5) is 1.34. The monoisotopic (exact) mass is 234 g/mol. The smallest absolute Gasteiger partial charge is 0.119 e. The van der Waals surface area contributed by atoms with Gasteiger partial charge in [-0.25, -0.2) is 0 Å². The second-order valence-corrected chi connectivity index (χ2v) is 4.51. The third kappa shape index (κ3) is 3.08. The molecule has 84 valence electrons. The van der Waals surface area contributed by atoms with Crippen LogP contribution in [0.2, 0.25) is 0 Å². The molecule has 0 aliphatic carbocycles. The molecule has 0 spiro atoms. The molecular weight excluding hydrogens is 220 g/mol. The minimum Gasteiger partial charge on any atom is -0.493 e. The minimum atomic E-state index is 0.0788. The standard InChI is InChI=1S/C13H14O2S/c14-10-11-3-5-12(6-4-11)15-8-7-13-2-1-9-16-13/h1-6,9,14H,7-8,10H2. The van der Waals surface area contributed by atoms with Crippen LogP contribution < -0.4 is 4.74 Å². The van der Waals surface area contributed by atoms with E-state index in [9.17, 15) is 0 Å². The lowest BCUT2D eigenvalue weighted by Gasteiger charge is -2.05. The number of thiophene rings is 1. The average Bonchev–Trinajstić information content (AvgIpc) is 2.83. The van der Waals surface area contributed by atoms with Crippen molar-refractivity contribution in [1.29, 1.82) is 0 Å². The van der Waals surface area contributed by atoms with Crippen molar-refractivity contribution in [2.45, 2.75) is 13.0 Å². The molecule has 1 aromatic carbocycles. The molecule has 3 heteroatoms. The highest BCUT2D eigenvalue weighted by Gasteiger charge is 1.96. The Balaban J connectivity index is 1.81. The summed E-state index contributed by atoms with van der Waals surface area (Å²) in [5.41, 5.74) is 0.908. The van der Waals surface area contributed by atoms with Gasteiger partial charge >= 0.3 is 0 Å². The van der Waals surface area contributed by atoms with Gasteiger partial charge in [0.05, 0.1) is 13.2 Å². The zero-order valence-corrected chi connectivity index (χ0v) is 9.74. The number of benzene rings is 1. The molecule has 2 aromatic rings. The molecule has 2 rings (SSSR count). The molecule has 1 heterocycles. The first kappa shape index (κ1) is 11.2. The van der Waals surface area contributed by atoms with E-state index in [-0.39, 0.29) is 6.61 Å². The van der Waals surface area contributed by atoms with Crippen molar-refractivity contribution in [3.63, 3.8) is 0 Å². The van der Waals surface area contributed by atoms with Crippen LogP contribution in [0.5, 0.6) is 5.75 Å². The van der Waals surface area contributed by atoms with Crippen LogP contribution in [0.4, 0.5) is 0 Å². The number of aliphatic hydroxyl groups excluding tert-OH is 1. The van der Waals surface area contributed by atoms with Gasteiger partial charge in [-0.3, -0.25) is 0 Å². The second-order valence-electron chi connectivity index (χ2n) is 3.48. The first-order valence-electron chi connectivity index (χ1n) is 5.23. The summed E-state index contributed by atoms with van der Waals surface area (Å²) >= 11 is 1.75. The molecule has 0 bridgehead atoms. The van der Waals surface area contributed by atoms with E-state index in [0.717, 1.165) is 17.7 Å². The van der Waals surface area contributed by atoms with Gasteiger partial charge in [0.25, 0.3) is 0 Å². The Morgan fingerprint density at radius 3 is 2.56 bits per heavy atom. The molecule has 0 saturated carbocycles. The van der Waals surface area contributed by atoms with E-state index in [0.29, 0.717) is 6.61 Å². The largest absolute Gasteiger partial charge is 0.493 e. The number of aliphatic hydroxyl groups is 1. The molecule has 0 unspecified atom stereocenters. The Hall–Kier alpha value is -1.32. The number of hydrogen-bond donors (Lipinski definition) is 1. The summed E-state index contributed by atoms with van der Waals surface area (Å²) in [7, 11) is 0. The van der Waals surface area contributed by atoms with E-state index in [1.165, 1.54) is 4.88 Å². The molecule has 0 radical (unpaired) electrons. The Morgan fingerprint density at radius 1 is 1.12 bits per heavy atom. The fourth-order valence-corrected chi connectivity index (χ4v) is 2.11. The number of hydrogen-bond acceptors (Lipinski definition) is 3. The predicted molar refractivity (Wildman–Crippen MR) is 65.9 cm³/mol. The van der Waals surface area contributed by atoms with Gasteiger partial charge in [0.1, 0.15) is 5.75 Å². The van der Waals surface area contributed by atoms with E-state index >= 15 is 0 Å². The zero-order valence-electron chi connectivity index (χ0n) is 8.93. The van der Waals surface area contributed by atoms with Gasteiger partial charge in [-0.15, -0.1) is 11.3 Å². The van der Waals surface area contributed by atoms with Crippen LogP contribution in [0, 0.1) is 0 Å². The molecule has 2 nitrogen and oxygen atoms in total. The molecule has 16 heavy (non-hydrogen) atoms. The molecule has 0 aliphatic heterocycles. The highest BCUT2D eigenvalue weighted by atomic mass is 32.1. The van der Waals surface area contributed by atoms with Gasteiger partial charge in [-0.2, -0.15) is 0 Å². The van der Waals surface area contributed by atoms with E-state index in [4.69, 9.17) is 9.84 Å². The Bertz CT molecular complexity index is 406.